The van der Waals surface area contributed by atoms with E-state index in [1.165, 1.54) is 32.7 Å². The summed E-state index contributed by atoms with van der Waals surface area (Å²) < 4.78 is 15.4. The van der Waals surface area contributed by atoms with Crippen LogP contribution < -0.4 is 19.5 Å². The van der Waals surface area contributed by atoms with E-state index in [1.807, 2.05) is 0 Å². The average Bonchev–Trinajstić information content (AvgIpc) is 2.96. The molecule has 0 spiro atoms. The van der Waals surface area contributed by atoms with Crippen molar-refractivity contribution >= 4 is 22.9 Å². The van der Waals surface area contributed by atoms with E-state index in [9.17, 15) is 4.79 Å². The fraction of sp³-hybridized carbons (Fsp3) is 0.231. The van der Waals surface area contributed by atoms with Crippen LogP contribution in [0.1, 0.15) is 10.5 Å². The van der Waals surface area contributed by atoms with Gasteiger partial charge in [0.15, 0.2) is 0 Å². The molecule has 0 radical (unpaired) electrons. The zero-order valence-electron chi connectivity index (χ0n) is 11.3. The Morgan fingerprint density at radius 3 is 2.30 bits per heavy atom. The van der Waals surface area contributed by atoms with Gasteiger partial charge in [0.1, 0.15) is 22.9 Å². The lowest BCUT2D eigenvalue weighted by Gasteiger charge is -2.13. The molecule has 6 nitrogen and oxygen atoms in total. The quantitative estimate of drug-likeness (QED) is 0.917. The molecule has 1 N–H and O–H groups in total. The highest BCUT2D eigenvalue weighted by molar-refractivity contribution is 7.11. The van der Waals surface area contributed by atoms with E-state index >= 15 is 0 Å². The van der Waals surface area contributed by atoms with E-state index < -0.39 is 0 Å². The van der Waals surface area contributed by atoms with Crippen LogP contribution in [0.15, 0.2) is 23.6 Å². The summed E-state index contributed by atoms with van der Waals surface area (Å²) in [6.45, 7) is 0. The fourth-order valence-corrected chi connectivity index (χ4v) is 2.23. The van der Waals surface area contributed by atoms with Crippen molar-refractivity contribution < 1.29 is 19.0 Å². The molecule has 1 amide bonds. The molecule has 2 rings (SSSR count). The Labute approximate surface area is 120 Å². The van der Waals surface area contributed by atoms with Crippen LogP contribution in [-0.4, -0.2) is 32.2 Å². The number of carbonyl (C=O) groups excluding carboxylic acids is 1. The minimum atomic E-state index is -0.354. The number of para-hydroxylation sites is 1. The maximum absolute atomic E-state index is 12.1. The third-order valence-electron chi connectivity index (χ3n) is 2.56. The van der Waals surface area contributed by atoms with Crippen molar-refractivity contribution in [2.24, 2.45) is 0 Å². The Hall–Kier alpha value is -2.28. The molecule has 1 aromatic carbocycles. The number of thiazole rings is 1. The van der Waals surface area contributed by atoms with Crippen LogP contribution >= 0.6 is 11.3 Å². The van der Waals surface area contributed by atoms with Crippen molar-refractivity contribution in [1.82, 2.24) is 4.98 Å². The number of rotatable bonds is 5. The van der Waals surface area contributed by atoms with Crippen molar-refractivity contribution in [2.75, 3.05) is 26.6 Å². The Morgan fingerprint density at radius 2 is 1.80 bits per heavy atom. The summed E-state index contributed by atoms with van der Waals surface area (Å²) in [5, 5.41) is 4.79. The molecule has 1 heterocycles. The third kappa shape index (κ3) is 2.83. The maximum Gasteiger partial charge on any atom is 0.275 e. The molecule has 106 valence electrons. The number of ether oxygens (including phenoxy) is 3. The third-order valence-corrected chi connectivity index (χ3v) is 3.36. The number of anilines is 1. The van der Waals surface area contributed by atoms with Gasteiger partial charge in [-0.3, -0.25) is 4.79 Å². The molecule has 0 bridgehead atoms. The molecule has 7 heteroatoms. The molecule has 0 saturated heterocycles. The molecular formula is C13H14N2O4S. The number of nitrogens with zero attached hydrogens (tertiary/aromatic N) is 1. The van der Waals surface area contributed by atoms with E-state index in [4.69, 9.17) is 14.2 Å². The molecular weight excluding hydrogens is 280 g/mol. The molecule has 0 aliphatic carbocycles. The topological polar surface area (TPSA) is 69.7 Å². The van der Waals surface area contributed by atoms with Gasteiger partial charge in [0.25, 0.3) is 11.1 Å². The summed E-state index contributed by atoms with van der Waals surface area (Å²) in [6.07, 6.45) is 0. The zero-order valence-corrected chi connectivity index (χ0v) is 12.1. The van der Waals surface area contributed by atoms with E-state index in [0.717, 1.165) is 0 Å². The Kier molecular flexibility index (Phi) is 4.41. The first-order chi connectivity index (χ1) is 9.69. The lowest BCUT2D eigenvalue weighted by molar-refractivity contribution is 0.102. The largest absolute Gasteiger partial charge is 0.494 e. The summed E-state index contributed by atoms with van der Waals surface area (Å²) in [5.41, 5.74) is 0.745. The highest BCUT2D eigenvalue weighted by Gasteiger charge is 2.16. The minimum absolute atomic E-state index is 0.278. The predicted octanol–water partition coefficient (Wildman–Crippen LogP) is 2.42. The smallest absolute Gasteiger partial charge is 0.275 e. The van der Waals surface area contributed by atoms with Crippen LogP contribution in [0.5, 0.6) is 16.7 Å². The van der Waals surface area contributed by atoms with Crippen LogP contribution in [0.4, 0.5) is 5.69 Å². The second-order valence-corrected chi connectivity index (χ2v) is 4.52. The van der Waals surface area contributed by atoms with Gasteiger partial charge < -0.3 is 19.5 Å². The summed E-state index contributed by atoms with van der Waals surface area (Å²) in [4.78, 5) is 16.2. The van der Waals surface area contributed by atoms with Crippen LogP contribution in [0.3, 0.4) is 0 Å². The fourth-order valence-electron chi connectivity index (χ4n) is 1.61. The molecule has 2 aromatic rings. The Balaban J connectivity index is 2.27. The monoisotopic (exact) mass is 294 g/mol. The molecule has 0 unspecified atom stereocenters. The first kappa shape index (κ1) is 14.1. The summed E-state index contributed by atoms with van der Waals surface area (Å²) in [6, 6.07) is 5.25. The highest BCUT2D eigenvalue weighted by atomic mass is 32.1. The second kappa shape index (κ2) is 6.25. The second-order valence-electron chi connectivity index (χ2n) is 3.69. The Morgan fingerprint density at radius 1 is 1.15 bits per heavy atom. The Bertz CT molecular complexity index is 590. The van der Waals surface area contributed by atoms with E-state index in [-0.39, 0.29) is 11.6 Å². The average molecular weight is 294 g/mol. The number of methoxy groups -OCH3 is 3. The van der Waals surface area contributed by atoms with Crippen LogP contribution in [-0.2, 0) is 0 Å². The molecule has 0 aliphatic rings. The van der Waals surface area contributed by atoms with Crippen LogP contribution in [0.2, 0.25) is 0 Å². The number of nitrogens with one attached hydrogen (secondary N) is 1. The summed E-state index contributed by atoms with van der Waals surface area (Å²) >= 11 is 1.25. The first-order valence-corrected chi connectivity index (χ1v) is 6.59. The number of carbonyl (C=O) groups is 1. The summed E-state index contributed by atoms with van der Waals surface area (Å²) in [7, 11) is 4.55. The minimum Gasteiger partial charge on any atom is -0.494 e. The number of hydrogen-bond donors (Lipinski definition) is 1. The van der Waals surface area contributed by atoms with Gasteiger partial charge in [-0.2, -0.15) is 4.98 Å². The van der Waals surface area contributed by atoms with Crippen LogP contribution in [0.25, 0.3) is 0 Å². The SMILES string of the molecule is COc1nc(C(=O)Nc2c(OC)cccc2OC)cs1. The van der Waals surface area contributed by atoms with Crippen molar-refractivity contribution in [3.63, 3.8) is 0 Å². The lowest BCUT2D eigenvalue weighted by atomic mass is 10.2. The molecule has 0 aliphatic heterocycles. The van der Waals surface area contributed by atoms with E-state index in [2.05, 4.69) is 10.3 Å². The standard InChI is InChI=1S/C13H14N2O4S/c1-17-9-5-4-6-10(18-2)11(9)15-12(16)8-7-20-13(14-8)19-3/h4-7H,1-3H3,(H,15,16). The molecule has 20 heavy (non-hydrogen) atoms. The summed E-state index contributed by atoms with van der Waals surface area (Å²) in [5.74, 6) is 0.673. The lowest BCUT2D eigenvalue weighted by Crippen LogP contribution is -2.14. The predicted molar refractivity (Wildman–Crippen MR) is 76.2 cm³/mol. The normalized spacial score (nSPS) is 9.95. The van der Waals surface area contributed by atoms with Gasteiger partial charge in [-0.05, 0) is 12.1 Å². The number of aromatic nitrogens is 1. The molecule has 1 aromatic heterocycles. The maximum atomic E-state index is 12.1. The highest BCUT2D eigenvalue weighted by Crippen LogP contribution is 2.34. The van der Waals surface area contributed by atoms with Gasteiger partial charge in [0.05, 0.1) is 21.3 Å². The van der Waals surface area contributed by atoms with Gasteiger partial charge in [-0.25, -0.2) is 0 Å². The number of hydrogen-bond acceptors (Lipinski definition) is 6. The number of amides is 1. The zero-order chi connectivity index (χ0) is 14.5. The van der Waals surface area contributed by atoms with Crippen molar-refractivity contribution in [1.29, 1.82) is 0 Å². The van der Waals surface area contributed by atoms with Crippen molar-refractivity contribution in [2.45, 2.75) is 0 Å². The van der Waals surface area contributed by atoms with Crippen LogP contribution in [0, 0.1) is 0 Å². The van der Waals surface area contributed by atoms with E-state index in [1.54, 1.807) is 23.6 Å². The van der Waals surface area contributed by atoms with Gasteiger partial charge >= 0.3 is 0 Å². The van der Waals surface area contributed by atoms with Gasteiger partial charge in [0.2, 0.25) is 0 Å². The van der Waals surface area contributed by atoms with Gasteiger partial charge in [-0.15, -0.1) is 0 Å². The van der Waals surface area contributed by atoms with Gasteiger partial charge in [0, 0.05) is 5.38 Å². The van der Waals surface area contributed by atoms with Crippen molar-refractivity contribution in [3.8, 4) is 16.7 Å². The van der Waals surface area contributed by atoms with Gasteiger partial charge in [-0.1, -0.05) is 17.4 Å². The first-order valence-electron chi connectivity index (χ1n) is 5.71. The van der Waals surface area contributed by atoms with E-state index in [0.29, 0.717) is 22.4 Å². The molecule has 0 fully saturated rings. The molecule has 0 atom stereocenters. The number of benzene rings is 1. The molecule has 0 saturated carbocycles. The van der Waals surface area contributed by atoms with Crippen molar-refractivity contribution in [3.05, 3.63) is 29.3 Å².